The van der Waals surface area contributed by atoms with Gasteiger partial charge in [-0.05, 0) is 63.3 Å². The number of carboxylic acids is 1. The Morgan fingerprint density at radius 3 is 2.31 bits per heavy atom. The molecule has 1 atom stereocenters. The molecule has 0 aromatic rings. The molecule has 2 saturated carbocycles. The lowest BCUT2D eigenvalue weighted by Gasteiger charge is -2.20. The summed E-state index contributed by atoms with van der Waals surface area (Å²) in [6, 6.07) is 0.344. The van der Waals surface area contributed by atoms with E-state index in [0.717, 1.165) is 30.7 Å². The molecule has 0 aliphatic heterocycles. The highest BCUT2D eigenvalue weighted by Gasteiger charge is 2.40. The van der Waals surface area contributed by atoms with Gasteiger partial charge in [-0.15, -0.1) is 0 Å². The van der Waals surface area contributed by atoms with Gasteiger partial charge in [0.25, 0.3) is 0 Å². The molecule has 2 N–H and O–H groups in total. The number of rotatable bonds is 8. The maximum Gasteiger partial charge on any atom is 0.303 e. The molecule has 0 heterocycles. The molecule has 2 aliphatic carbocycles. The minimum absolute atomic E-state index is 0.283. The van der Waals surface area contributed by atoms with Crippen LogP contribution in [0.5, 0.6) is 0 Å². The molecule has 0 spiro atoms. The van der Waals surface area contributed by atoms with Crippen LogP contribution in [0.15, 0.2) is 0 Å². The minimum Gasteiger partial charge on any atom is -0.481 e. The summed E-state index contributed by atoms with van der Waals surface area (Å²) >= 11 is 0. The van der Waals surface area contributed by atoms with Crippen LogP contribution in [0, 0.1) is 17.8 Å². The fourth-order valence-corrected chi connectivity index (χ4v) is 2.55. The molecule has 0 saturated heterocycles. The molecule has 0 radical (unpaired) electrons. The zero-order chi connectivity index (χ0) is 11.5. The van der Waals surface area contributed by atoms with Gasteiger partial charge < -0.3 is 10.4 Å². The Morgan fingerprint density at radius 2 is 1.88 bits per heavy atom. The average molecular weight is 225 g/mol. The molecule has 0 aromatic heterocycles. The lowest BCUT2D eigenvalue weighted by atomic mass is 9.97. The van der Waals surface area contributed by atoms with Crippen LogP contribution in [-0.2, 0) is 4.79 Å². The number of hydrogen-bond acceptors (Lipinski definition) is 2. The first-order valence-corrected chi connectivity index (χ1v) is 6.62. The molecule has 2 rings (SSSR count). The highest BCUT2D eigenvalue weighted by atomic mass is 16.4. The van der Waals surface area contributed by atoms with Gasteiger partial charge in [0.05, 0.1) is 0 Å². The van der Waals surface area contributed by atoms with Gasteiger partial charge >= 0.3 is 5.97 Å². The van der Waals surface area contributed by atoms with Gasteiger partial charge in [-0.1, -0.05) is 0 Å². The third-order valence-electron chi connectivity index (χ3n) is 3.95. The van der Waals surface area contributed by atoms with Crippen LogP contribution in [0.3, 0.4) is 0 Å². The molecule has 1 unspecified atom stereocenters. The van der Waals surface area contributed by atoms with Gasteiger partial charge in [0.2, 0.25) is 0 Å². The van der Waals surface area contributed by atoms with Crippen LogP contribution in [0.1, 0.15) is 45.4 Å². The van der Waals surface area contributed by atoms with E-state index in [0.29, 0.717) is 6.04 Å². The van der Waals surface area contributed by atoms with E-state index >= 15 is 0 Å². The van der Waals surface area contributed by atoms with Crippen molar-refractivity contribution in [2.45, 2.75) is 51.5 Å². The molecular formula is C13H23NO2. The smallest absolute Gasteiger partial charge is 0.303 e. The van der Waals surface area contributed by atoms with Crippen LogP contribution in [-0.4, -0.2) is 23.7 Å². The van der Waals surface area contributed by atoms with Gasteiger partial charge in [0, 0.05) is 12.5 Å². The summed E-state index contributed by atoms with van der Waals surface area (Å²) in [6.07, 6.45) is 6.72. The number of aliphatic carboxylic acids is 1. The normalized spacial score (nSPS) is 22.4. The van der Waals surface area contributed by atoms with Crippen molar-refractivity contribution in [2.24, 2.45) is 17.8 Å². The van der Waals surface area contributed by atoms with E-state index in [1.54, 1.807) is 0 Å². The quantitative estimate of drug-likeness (QED) is 0.666. The highest BCUT2D eigenvalue weighted by molar-refractivity contribution is 5.66. The molecule has 92 valence electrons. The summed E-state index contributed by atoms with van der Waals surface area (Å²) in [5.74, 6) is 2.15. The third-order valence-corrected chi connectivity index (χ3v) is 3.95. The molecule has 0 amide bonds. The zero-order valence-electron chi connectivity index (χ0n) is 10.1. The van der Waals surface area contributed by atoms with E-state index in [2.05, 4.69) is 12.2 Å². The van der Waals surface area contributed by atoms with Gasteiger partial charge in [-0.3, -0.25) is 4.79 Å². The molecule has 16 heavy (non-hydrogen) atoms. The van der Waals surface area contributed by atoms with Crippen molar-refractivity contribution < 1.29 is 9.90 Å². The molecule has 3 heteroatoms. The lowest BCUT2D eigenvalue weighted by molar-refractivity contribution is -0.137. The number of nitrogens with one attached hydrogen (secondary N) is 1. The van der Waals surface area contributed by atoms with E-state index in [9.17, 15) is 4.79 Å². The predicted octanol–water partition coefficient (Wildman–Crippen LogP) is 2.27. The summed E-state index contributed by atoms with van der Waals surface area (Å²) in [5.41, 5.74) is 0. The number of hydrogen-bond donors (Lipinski definition) is 2. The summed E-state index contributed by atoms with van der Waals surface area (Å²) in [7, 11) is 0. The van der Waals surface area contributed by atoms with Gasteiger partial charge in [-0.25, -0.2) is 0 Å². The zero-order valence-corrected chi connectivity index (χ0v) is 10.1. The topological polar surface area (TPSA) is 49.3 Å². The first-order valence-electron chi connectivity index (χ1n) is 6.62. The predicted molar refractivity (Wildman–Crippen MR) is 63.3 cm³/mol. The minimum atomic E-state index is -0.686. The largest absolute Gasteiger partial charge is 0.481 e. The highest BCUT2D eigenvalue weighted by Crippen LogP contribution is 2.48. The van der Waals surface area contributed by atoms with Gasteiger partial charge in [0.15, 0.2) is 0 Å². The fraction of sp³-hybridized carbons (Fsp3) is 0.923. The molecule has 0 aromatic carbocycles. The standard InChI is InChI=1S/C13H23NO2/c1-9(2-7-13(15)16)14-8-12(10-3-4-10)11-5-6-11/h9-12,14H,2-8H2,1H3,(H,15,16). The van der Waals surface area contributed by atoms with E-state index in [1.807, 2.05) is 0 Å². The molecule has 3 nitrogen and oxygen atoms in total. The molecular weight excluding hydrogens is 202 g/mol. The van der Waals surface area contributed by atoms with Crippen molar-refractivity contribution in [3.05, 3.63) is 0 Å². The van der Waals surface area contributed by atoms with Gasteiger partial charge in [0.1, 0.15) is 0 Å². The third kappa shape index (κ3) is 3.78. The van der Waals surface area contributed by atoms with Crippen molar-refractivity contribution in [3.8, 4) is 0 Å². The average Bonchev–Trinajstić information content (AvgIpc) is 3.07. The monoisotopic (exact) mass is 225 g/mol. The van der Waals surface area contributed by atoms with E-state index in [4.69, 9.17) is 5.11 Å². The Kier molecular flexibility index (Phi) is 3.85. The summed E-state index contributed by atoms with van der Waals surface area (Å²) in [5, 5.41) is 12.1. The van der Waals surface area contributed by atoms with E-state index in [1.165, 1.54) is 25.7 Å². The van der Waals surface area contributed by atoms with Crippen LogP contribution in [0.25, 0.3) is 0 Å². The summed E-state index contributed by atoms with van der Waals surface area (Å²) < 4.78 is 0. The van der Waals surface area contributed by atoms with Crippen molar-refractivity contribution in [1.29, 1.82) is 0 Å². The number of carbonyl (C=O) groups is 1. The second-order valence-electron chi connectivity index (χ2n) is 5.58. The second-order valence-corrected chi connectivity index (χ2v) is 5.58. The van der Waals surface area contributed by atoms with Crippen LogP contribution < -0.4 is 5.32 Å². The van der Waals surface area contributed by atoms with Crippen molar-refractivity contribution in [1.82, 2.24) is 5.32 Å². The molecule has 2 aliphatic rings. The Hall–Kier alpha value is -0.570. The van der Waals surface area contributed by atoms with Crippen molar-refractivity contribution in [3.63, 3.8) is 0 Å². The van der Waals surface area contributed by atoms with Crippen molar-refractivity contribution >= 4 is 5.97 Å². The van der Waals surface area contributed by atoms with Gasteiger partial charge in [-0.2, -0.15) is 0 Å². The SMILES string of the molecule is CC(CCC(=O)O)NCC(C1CC1)C1CC1. The maximum atomic E-state index is 10.5. The number of carboxylic acid groups (broad SMARTS) is 1. The fourth-order valence-electron chi connectivity index (χ4n) is 2.55. The molecule has 0 bridgehead atoms. The van der Waals surface area contributed by atoms with Crippen LogP contribution in [0.2, 0.25) is 0 Å². The first kappa shape index (κ1) is 11.9. The summed E-state index contributed by atoms with van der Waals surface area (Å²) in [4.78, 5) is 10.5. The Bertz CT molecular complexity index is 234. The van der Waals surface area contributed by atoms with Crippen molar-refractivity contribution in [2.75, 3.05) is 6.54 Å². The van der Waals surface area contributed by atoms with Crippen LogP contribution in [0.4, 0.5) is 0 Å². The Morgan fingerprint density at radius 1 is 1.31 bits per heavy atom. The lowest BCUT2D eigenvalue weighted by Crippen LogP contribution is -2.33. The van der Waals surface area contributed by atoms with E-state index < -0.39 is 5.97 Å². The first-order chi connectivity index (χ1) is 7.66. The maximum absolute atomic E-state index is 10.5. The second kappa shape index (κ2) is 5.17. The Balaban J connectivity index is 1.62. The molecule has 2 fully saturated rings. The Labute approximate surface area is 97.6 Å². The summed E-state index contributed by atoms with van der Waals surface area (Å²) in [6.45, 7) is 3.20. The van der Waals surface area contributed by atoms with Crippen LogP contribution >= 0.6 is 0 Å². The van der Waals surface area contributed by atoms with E-state index in [-0.39, 0.29) is 6.42 Å².